The van der Waals surface area contributed by atoms with Gasteiger partial charge in [-0.15, -0.1) is 0 Å². The average molecular weight is 227 g/mol. The van der Waals surface area contributed by atoms with Crippen LogP contribution in [0.5, 0.6) is 0 Å². The van der Waals surface area contributed by atoms with Crippen molar-refractivity contribution in [1.29, 1.82) is 0 Å². The van der Waals surface area contributed by atoms with E-state index in [9.17, 15) is 14.9 Å². The normalized spacial score (nSPS) is 9.93. The lowest BCUT2D eigenvalue weighted by Gasteiger charge is -1.98. The Morgan fingerprint density at radius 3 is 2.47 bits per heavy atom. The van der Waals surface area contributed by atoms with E-state index < -0.39 is 4.92 Å². The van der Waals surface area contributed by atoms with Crippen molar-refractivity contribution in [2.24, 2.45) is 0 Å². The predicted molar refractivity (Wildman–Crippen MR) is 57.0 cm³/mol. The Kier molecular flexibility index (Phi) is 4.26. The molecule has 0 saturated heterocycles. The van der Waals surface area contributed by atoms with Crippen LogP contribution in [0.15, 0.2) is 24.3 Å². The first kappa shape index (κ1) is 11.7. The maximum absolute atomic E-state index is 11.4. The summed E-state index contributed by atoms with van der Waals surface area (Å²) in [5.74, 6) is 0.329. The molecule has 5 nitrogen and oxygen atoms in total. The fourth-order valence-corrected chi connectivity index (χ4v) is 1.52. The average Bonchev–Trinajstić information content (AvgIpc) is 2.26. The molecule has 0 heterocycles. The van der Waals surface area contributed by atoms with Crippen LogP contribution in [0, 0.1) is 10.1 Å². The lowest BCUT2D eigenvalue weighted by atomic mass is 10.2. The van der Waals surface area contributed by atoms with Gasteiger partial charge in [0.05, 0.1) is 11.5 Å². The van der Waals surface area contributed by atoms with Crippen LogP contribution in [-0.4, -0.2) is 27.5 Å². The number of thioether (sulfide) groups is 1. The number of aliphatic hydroxyl groups is 1. The highest BCUT2D eigenvalue weighted by molar-refractivity contribution is 8.14. The molecule has 0 amide bonds. The molecule has 0 aliphatic rings. The molecule has 0 spiro atoms. The Balaban J connectivity index is 2.71. The molecule has 0 unspecified atom stereocenters. The second kappa shape index (κ2) is 5.47. The minimum absolute atomic E-state index is 0.0429. The Labute approximate surface area is 90.3 Å². The van der Waals surface area contributed by atoms with Crippen LogP contribution in [0.2, 0.25) is 0 Å². The third-order valence-electron chi connectivity index (χ3n) is 1.64. The minimum atomic E-state index is -0.519. The summed E-state index contributed by atoms with van der Waals surface area (Å²) in [5.41, 5.74) is 0.359. The maximum atomic E-state index is 11.4. The Hall–Kier alpha value is -1.40. The van der Waals surface area contributed by atoms with Gasteiger partial charge >= 0.3 is 0 Å². The fourth-order valence-electron chi connectivity index (χ4n) is 0.941. The number of hydrogen-bond donors (Lipinski definition) is 1. The summed E-state index contributed by atoms with van der Waals surface area (Å²) in [6.45, 7) is -0.0661. The summed E-state index contributed by atoms with van der Waals surface area (Å²) in [6, 6.07) is 5.38. The quantitative estimate of drug-likeness (QED) is 0.622. The van der Waals surface area contributed by atoms with Crippen LogP contribution in [0.3, 0.4) is 0 Å². The van der Waals surface area contributed by atoms with Crippen molar-refractivity contribution in [2.75, 3.05) is 12.4 Å². The lowest BCUT2D eigenvalue weighted by molar-refractivity contribution is -0.384. The highest BCUT2D eigenvalue weighted by atomic mass is 32.2. The van der Waals surface area contributed by atoms with Crippen LogP contribution in [0.25, 0.3) is 0 Å². The third-order valence-corrected chi connectivity index (χ3v) is 2.52. The molecule has 0 aliphatic carbocycles. The molecule has 1 N–H and O–H groups in total. The van der Waals surface area contributed by atoms with E-state index in [1.54, 1.807) is 0 Å². The summed E-state index contributed by atoms with van der Waals surface area (Å²) >= 11 is 0.985. The minimum Gasteiger partial charge on any atom is -0.396 e. The summed E-state index contributed by atoms with van der Waals surface area (Å²) in [6.07, 6.45) is 0. The fraction of sp³-hybridized carbons (Fsp3) is 0.222. The topological polar surface area (TPSA) is 80.4 Å². The van der Waals surface area contributed by atoms with Crippen molar-refractivity contribution < 1.29 is 14.8 Å². The maximum Gasteiger partial charge on any atom is 0.269 e. The van der Waals surface area contributed by atoms with Crippen LogP contribution < -0.4 is 0 Å². The molecule has 0 atom stereocenters. The van der Waals surface area contributed by atoms with Gasteiger partial charge in [-0.05, 0) is 12.1 Å². The van der Waals surface area contributed by atoms with Gasteiger partial charge in [0.2, 0.25) is 5.12 Å². The number of nitro benzene ring substituents is 1. The van der Waals surface area contributed by atoms with Crippen molar-refractivity contribution in [3.8, 4) is 0 Å². The smallest absolute Gasteiger partial charge is 0.269 e. The van der Waals surface area contributed by atoms with Gasteiger partial charge in [-0.2, -0.15) is 0 Å². The standard InChI is InChI=1S/C9H9NO4S/c11-5-6-15-9(12)7-1-3-8(4-2-7)10(13)14/h1-4,11H,5-6H2. The summed E-state index contributed by atoms with van der Waals surface area (Å²) in [7, 11) is 0. The van der Waals surface area contributed by atoms with Crippen LogP contribution in [-0.2, 0) is 0 Å². The van der Waals surface area contributed by atoms with E-state index in [-0.39, 0.29) is 17.4 Å². The molecule has 0 saturated carbocycles. The van der Waals surface area contributed by atoms with E-state index in [0.29, 0.717) is 11.3 Å². The molecule has 0 aliphatic heterocycles. The molecular weight excluding hydrogens is 218 g/mol. The molecule has 80 valence electrons. The van der Waals surface area contributed by atoms with Gasteiger partial charge in [0.15, 0.2) is 0 Å². The Morgan fingerprint density at radius 1 is 1.40 bits per heavy atom. The number of aliphatic hydroxyl groups excluding tert-OH is 1. The number of rotatable bonds is 4. The number of nitro groups is 1. The molecule has 1 aromatic rings. The van der Waals surface area contributed by atoms with Crippen molar-refractivity contribution in [3.63, 3.8) is 0 Å². The van der Waals surface area contributed by atoms with Crippen LogP contribution >= 0.6 is 11.8 Å². The molecule has 0 bridgehead atoms. The van der Waals surface area contributed by atoms with Crippen LogP contribution in [0.1, 0.15) is 10.4 Å². The van der Waals surface area contributed by atoms with Crippen molar-refractivity contribution in [3.05, 3.63) is 39.9 Å². The zero-order valence-electron chi connectivity index (χ0n) is 7.75. The van der Waals surface area contributed by atoms with E-state index in [1.165, 1.54) is 24.3 Å². The zero-order valence-corrected chi connectivity index (χ0v) is 8.57. The predicted octanol–water partition coefficient (Wildman–Crippen LogP) is 1.46. The number of carbonyl (C=O) groups excluding carboxylic acids is 1. The van der Waals surface area contributed by atoms with E-state index in [0.717, 1.165) is 11.8 Å². The number of carbonyl (C=O) groups is 1. The van der Waals surface area contributed by atoms with E-state index >= 15 is 0 Å². The van der Waals surface area contributed by atoms with E-state index in [4.69, 9.17) is 5.11 Å². The second-order valence-corrected chi connectivity index (χ2v) is 3.73. The van der Waals surface area contributed by atoms with Gasteiger partial charge in [0.25, 0.3) is 5.69 Å². The summed E-state index contributed by atoms with van der Waals surface area (Å²) in [4.78, 5) is 21.2. The van der Waals surface area contributed by atoms with Crippen molar-refractivity contribution in [2.45, 2.75) is 0 Å². The van der Waals surface area contributed by atoms with Crippen molar-refractivity contribution >= 4 is 22.6 Å². The third kappa shape index (κ3) is 3.34. The number of non-ortho nitro benzene ring substituents is 1. The summed E-state index contributed by atoms with van der Waals surface area (Å²) in [5, 5.41) is 18.7. The highest BCUT2D eigenvalue weighted by Gasteiger charge is 2.09. The Morgan fingerprint density at radius 2 is 2.00 bits per heavy atom. The lowest BCUT2D eigenvalue weighted by Crippen LogP contribution is -1.97. The molecule has 6 heteroatoms. The van der Waals surface area contributed by atoms with E-state index in [2.05, 4.69) is 0 Å². The van der Waals surface area contributed by atoms with E-state index in [1.807, 2.05) is 0 Å². The Bertz CT molecular complexity index is 363. The SMILES string of the molecule is O=C(SCCO)c1ccc([N+](=O)[O-])cc1. The van der Waals surface area contributed by atoms with Gasteiger partial charge in [-0.1, -0.05) is 11.8 Å². The first-order valence-corrected chi connectivity index (χ1v) is 5.16. The number of hydrogen-bond acceptors (Lipinski definition) is 5. The largest absolute Gasteiger partial charge is 0.396 e. The molecule has 0 radical (unpaired) electrons. The first-order valence-electron chi connectivity index (χ1n) is 4.17. The van der Waals surface area contributed by atoms with Gasteiger partial charge in [-0.3, -0.25) is 14.9 Å². The molecular formula is C9H9NO4S. The monoisotopic (exact) mass is 227 g/mol. The molecule has 0 fully saturated rings. The summed E-state index contributed by atoms with van der Waals surface area (Å²) < 4.78 is 0. The molecule has 0 aromatic heterocycles. The highest BCUT2D eigenvalue weighted by Crippen LogP contribution is 2.16. The second-order valence-electron chi connectivity index (χ2n) is 2.66. The van der Waals surface area contributed by atoms with Gasteiger partial charge in [-0.25, -0.2) is 0 Å². The zero-order chi connectivity index (χ0) is 11.3. The molecule has 1 aromatic carbocycles. The van der Waals surface area contributed by atoms with Gasteiger partial charge in [0, 0.05) is 23.4 Å². The van der Waals surface area contributed by atoms with Gasteiger partial charge < -0.3 is 5.11 Å². The number of nitrogens with zero attached hydrogens (tertiary/aromatic N) is 1. The molecule has 1 rings (SSSR count). The number of benzene rings is 1. The van der Waals surface area contributed by atoms with Crippen LogP contribution in [0.4, 0.5) is 5.69 Å². The van der Waals surface area contributed by atoms with Gasteiger partial charge in [0.1, 0.15) is 0 Å². The molecule has 15 heavy (non-hydrogen) atoms. The van der Waals surface area contributed by atoms with Crippen molar-refractivity contribution in [1.82, 2.24) is 0 Å². The first-order chi connectivity index (χ1) is 7.15.